The number of fused-ring (bicyclic) bond motifs is 1. The molecule has 4 aliphatic heterocycles. The third-order valence-corrected chi connectivity index (χ3v) is 8.25. The SMILES string of the molecule is O=C(CN1CCN(C(=O)[C@@H]2CCCN2C2=NS(=O)(=O)c3ccccc32)CC1)N1CCCC1. The molecule has 0 N–H and O–H groups in total. The molecule has 3 saturated heterocycles. The lowest BCUT2D eigenvalue weighted by Crippen LogP contribution is -2.55. The van der Waals surface area contributed by atoms with E-state index in [-0.39, 0.29) is 16.7 Å². The highest BCUT2D eigenvalue weighted by molar-refractivity contribution is 7.90. The molecule has 0 bridgehead atoms. The maximum absolute atomic E-state index is 13.4. The third-order valence-electron chi connectivity index (χ3n) is 6.92. The van der Waals surface area contributed by atoms with Gasteiger partial charge in [0.05, 0.1) is 6.54 Å². The molecule has 172 valence electrons. The molecule has 2 amide bonds. The molecule has 0 aromatic heterocycles. The number of piperazine rings is 1. The molecule has 5 rings (SSSR count). The summed E-state index contributed by atoms with van der Waals surface area (Å²) in [4.78, 5) is 33.8. The first-order valence-electron chi connectivity index (χ1n) is 11.4. The second-order valence-electron chi connectivity index (χ2n) is 8.93. The number of nitrogens with zero attached hydrogens (tertiary/aromatic N) is 5. The molecule has 3 fully saturated rings. The molecule has 9 nitrogen and oxygen atoms in total. The second-order valence-corrected chi connectivity index (χ2v) is 10.5. The number of benzene rings is 1. The minimum atomic E-state index is -3.71. The van der Waals surface area contributed by atoms with E-state index >= 15 is 0 Å². The zero-order chi connectivity index (χ0) is 22.3. The number of sulfonamides is 1. The number of carbonyl (C=O) groups excluding carboxylic acids is 2. The monoisotopic (exact) mass is 459 g/mol. The minimum absolute atomic E-state index is 0.0255. The maximum atomic E-state index is 13.4. The van der Waals surface area contributed by atoms with Crippen LogP contribution in [0.1, 0.15) is 31.2 Å². The number of rotatable bonds is 3. The van der Waals surface area contributed by atoms with Crippen LogP contribution >= 0.6 is 0 Å². The van der Waals surface area contributed by atoms with Gasteiger partial charge in [0, 0.05) is 51.4 Å². The van der Waals surface area contributed by atoms with Crippen molar-refractivity contribution in [1.29, 1.82) is 0 Å². The average Bonchev–Trinajstić information content (AvgIpc) is 3.54. The molecule has 1 atom stereocenters. The number of amides is 2. The zero-order valence-corrected chi connectivity index (χ0v) is 19.0. The number of hydrogen-bond acceptors (Lipinski definition) is 6. The molecule has 32 heavy (non-hydrogen) atoms. The molecule has 4 heterocycles. The third kappa shape index (κ3) is 3.90. The molecule has 1 aromatic carbocycles. The molecule has 0 saturated carbocycles. The molecule has 0 aliphatic carbocycles. The fourth-order valence-corrected chi connectivity index (χ4v) is 6.38. The fourth-order valence-electron chi connectivity index (χ4n) is 5.17. The summed E-state index contributed by atoms with van der Waals surface area (Å²) in [6.45, 7) is 5.27. The molecule has 1 aromatic rings. The first-order valence-corrected chi connectivity index (χ1v) is 12.9. The molecular formula is C22H29N5O4S. The number of hydrogen-bond donors (Lipinski definition) is 0. The highest BCUT2D eigenvalue weighted by Gasteiger charge is 2.41. The first-order chi connectivity index (χ1) is 15.4. The van der Waals surface area contributed by atoms with Gasteiger partial charge in [0.1, 0.15) is 10.9 Å². The standard InChI is InChI=1S/C22H29N5O4S/c28-20(25-9-3-4-10-25)16-24-12-14-26(15-13-24)22(29)18-7-5-11-27(18)21-17-6-1-2-8-19(17)32(30,31)23-21/h1-2,6,8,18H,3-5,7,9-16H2/t18-/m0/s1. The Balaban J connectivity index is 1.23. The lowest BCUT2D eigenvalue weighted by Gasteiger charge is -2.37. The van der Waals surface area contributed by atoms with Crippen LogP contribution in [0.3, 0.4) is 0 Å². The van der Waals surface area contributed by atoms with Gasteiger partial charge in [0.25, 0.3) is 10.0 Å². The van der Waals surface area contributed by atoms with Crippen LogP contribution < -0.4 is 0 Å². The molecular weight excluding hydrogens is 430 g/mol. The van der Waals surface area contributed by atoms with E-state index in [2.05, 4.69) is 9.30 Å². The average molecular weight is 460 g/mol. The van der Waals surface area contributed by atoms with Gasteiger partial charge in [-0.3, -0.25) is 14.5 Å². The highest BCUT2D eigenvalue weighted by Crippen LogP contribution is 2.31. The van der Waals surface area contributed by atoms with Gasteiger partial charge in [-0.25, -0.2) is 0 Å². The van der Waals surface area contributed by atoms with Crippen LogP contribution in [-0.4, -0.2) is 104 Å². The summed E-state index contributed by atoms with van der Waals surface area (Å²) in [5, 5.41) is 0. The summed E-state index contributed by atoms with van der Waals surface area (Å²) in [6, 6.07) is 6.42. The smallest absolute Gasteiger partial charge is 0.285 e. The van der Waals surface area contributed by atoms with E-state index in [4.69, 9.17) is 0 Å². The summed E-state index contributed by atoms with van der Waals surface area (Å²) in [5.74, 6) is 0.604. The number of likely N-dealkylation sites (tertiary alicyclic amines) is 2. The van der Waals surface area contributed by atoms with E-state index in [1.54, 1.807) is 24.3 Å². The van der Waals surface area contributed by atoms with Crippen molar-refractivity contribution in [1.82, 2.24) is 19.6 Å². The summed E-state index contributed by atoms with van der Waals surface area (Å²) < 4.78 is 29.0. The predicted octanol–water partition coefficient (Wildman–Crippen LogP) is 0.367. The van der Waals surface area contributed by atoms with Gasteiger partial charge in [-0.15, -0.1) is 4.40 Å². The Bertz CT molecular complexity index is 1040. The van der Waals surface area contributed by atoms with Crippen LogP contribution in [0.5, 0.6) is 0 Å². The van der Waals surface area contributed by atoms with E-state index < -0.39 is 16.1 Å². The number of carbonyl (C=O) groups is 2. The van der Waals surface area contributed by atoms with Gasteiger partial charge in [0.15, 0.2) is 5.84 Å². The molecule has 10 heteroatoms. The highest BCUT2D eigenvalue weighted by atomic mass is 32.2. The molecule has 0 unspecified atom stereocenters. The van der Waals surface area contributed by atoms with Crippen LogP contribution in [0.25, 0.3) is 0 Å². The van der Waals surface area contributed by atoms with Crippen molar-refractivity contribution < 1.29 is 18.0 Å². The Hall–Kier alpha value is -2.46. The summed E-state index contributed by atoms with van der Waals surface area (Å²) >= 11 is 0. The van der Waals surface area contributed by atoms with Crippen LogP contribution in [-0.2, 0) is 19.6 Å². The summed E-state index contributed by atoms with van der Waals surface area (Å²) in [6.07, 6.45) is 3.68. The normalized spacial score (nSPS) is 25.2. The van der Waals surface area contributed by atoms with Gasteiger partial charge in [-0.05, 0) is 37.8 Å². The van der Waals surface area contributed by atoms with Gasteiger partial charge in [-0.1, -0.05) is 12.1 Å². The summed E-state index contributed by atoms with van der Waals surface area (Å²) in [7, 11) is -3.71. The van der Waals surface area contributed by atoms with Crippen LogP contribution in [0, 0.1) is 0 Å². The Labute approximate surface area is 188 Å². The van der Waals surface area contributed by atoms with Crippen LogP contribution in [0.2, 0.25) is 0 Å². The molecule has 0 spiro atoms. The van der Waals surface area contributed by atoms with Crippen molar-refractivity contribution in [3.63, 3.8) is 0 Å². The van der Waals surface area contributed by atoms with Gasteiger partial charge in [0.2, 0.25) is 11.8 Å². The largest absolute Gasteiger partial charge is 0.343 e. The van der Waals surface area contributed by atoms with Crippen molar-refractivity contribution in [3.05, 3.63) is 29.8 Å². The van der Waals surface area contributed by atoms with Crippen molar-refractivity contribution in [2.75, 3.05) is 52.4 Å². The Morgan fingerprint density at radius 1 is 0.906 bits per heavy atom. The Morgan fingerprint density at radius 3 is 2.38 bits per heavy atom. The fraction of sp³-hybridized carbons (Fsp3) is 0.591. The van der Waals surface area contributed by atoms with Gasteiger partial charge >= 0.3 is 0 Å². The van der Waals surface area contributed by atoms with E-state index in [1.165, 1.54) is 0 Å². The van der Waals surface area contributed by atoms with E-state index in [0.717, 1.165) is 32.4 Å². The molecule has 4 aliphatic rings. The maximum Gasteiger partial charge on any atom is 0.285 e. The quantitative estimate of drug-likeness (QED) is 0.648. The van der Waals surface area contributed by atoms with E-state index in [0.29, 0.717) is 57.1 Å². The topological polar surface area (TPSA) is 93.6 Å². The predicted molar refractivity (Wildman–Crippen MR) is 119 cm³/mol. The Kier molecular flexibility index (Phi) is 5.66. The van der Waals surface area contributed by atoms with E-state index in [9.17, 15) is 18.0 Å². The van der Waals surface area contributed by atoms with Crippen LogP contribution in [0.4, 0.5) is 0 Å². The number of amidine groups is 1. The van der Waals surface area contributed by atoms with Crippen LogP contribution in [0.15, 0.2) is 33.6 Å². The minimum Gasteiger partial charge on any atom is -0.343 e. The van der Waals surface area contributed by atoms with Crippen molar-refractivity contribution >= 4 is 27.7 Å². The zero-order valence-electron chi connectivity index (χ0n) is 18.1. The van der Waals surface area contributed by atoms with E-state index in [1.807, 2.05) is 14.7 Å². The van der Waals surface area contributed by atoms with Gasteiger partial charge < -0.3 is 14.7 Å². The lowest BCUT2D eigenvalue weighted by molar-refractivity contribution is -0.137. The first kappa shape index (κ1) is 21.4. The van der Waals surface area contributed by atoms with Gasteiger partial charge in [-0.2, -0.15) is 8.42 Å². The lowest BCUT2D eigenvalue weighted by atomic mass is 10.1. The summed E-state index contributed by atoms with van der Waals surface area (Å²) in [5.41, 5.74) is 0.581. The van der Waals surface area contributed by atoms with Crippen molar-refractivity contribution in [3.8, 4) is 0 Å². The Morgan fingerprint density at radius 2 is 1.62 bits per heavy atom. The van der Waals surface area contributed by atoms with Crippen molar-refractivity contribution in [2.45, 2.75) is 36.6 Å². The molecule has 0 radical (unpaired) electrons. The van der Waals surface area contributed by atoms with Crippen molar-refractivity contribution in [2.24, 2.45) is 4.40 Å². The second kappa shape index (κ2) is 8.47.